The highest BCUT2D eigenvalue weighted by molar-refractivity contribution is 5.96. The van der Waals surface area contributed by atoms with Gasteiger partial charge in [0.2, 0.25) is 11.8 Å². The quantitative estimate of drug-likeness (QED) is 0.699. The summed E-state index contributed by atoms with van der Waals surface area (Å²) in [5, 5.41) is 2.55. The van der Waals surface area contributed by atoms with Crippen molar-refractivity contribution in [2.75, 3.05) is 45.7 Å². The van der Waals surface area contributed by atoms with Gasteiger partial charge in [0.05, 0.1) is 13.7 Å². The molecule has 1 aromatic carbocycles. The smallest absolute Gasteiger partial charge is 0.328 e. The molecule has 1 aromatic rings. The fourth-order valence-corrected chi connectivity index (χ4v) is 3.20. The fourth-order valence-electron chi connectivity index (χ4n) is 3.20. The van der Waals surface area contributed by atoms with Crippen LogP contribution in [-0.4, -0.2) is 86.4 Å². The molecule has 1 heterocycles. The van der Waals surface area contributed by atoms with Gasteiger partial charge in [-0.3, -0.25) is 14.4 Å². The molecule has 0 bridgehead atoms. The van der Waals surface area contributed by atoms with Crippen LogP contribution in [0.2, 0.25) is 0 Å². The van der Waals surface area contributed by atoms with E-state index in [4.69, 9.17) is 0 Å². The Morgan fingerprint density at radius 2 is 1.76 bits per heavy atom. The Morgan fingerprint density at radius 3 is 2.28 bits per heavy atom. The van der Waals surface area contributed by atoms with Crippen molar-refractivity contribution in [2.24, 2.45) is 0 Å². The molecule has 0 radical (unpaired) electrons. The molecule has 1 N–H and O–H groups in total. The van der Waals surface area contributed by atoms with E-state index in [2.05, 4.69) is 10.1 Å². The number of carbonyl (C=O) groups excluding carboxylic acids is 4. The Hall–Kier alpha value is -3.10. The average molecular weight is 404 g/mol. The predicted molar refractivity (Wildman–Crippen MR) is 107 cm³/mol. The monoisotopic (exact) mass is 404 g/mol. The Bertz CT molecular complexity index is 778. The van der Waals surface area contributed by atoms with Crippen molar-refractivity contribution in [1.29, 1.82) is 0 Å². The molecule has 1 aliphatic rings. The molecule has 2 unspecified atom stereocenters. The lowest BCUT2D eigenvalue weighted by Gasteiger charge is -2.40. The van der Waals surface area contributed by atoms with Crippen molar-refractivity contribution >= 4 is 29.4 Å². The van der Waals surface area contributed by atoms with Crippen molar-refractivity contribution < 1.29 is 23.9 Å². The van der Waals surface area contributed by atoms with Gasteiger partial charge in [-0.2, -0.15) is 0 Å². The SMILES string of the molecule is COC(=O)C(C)NC(=O)C1CN(C(=O)c2ccc(N(C)C)cc2)CCN1C(C)=O. The largest absolute Gasteiger partial charge is 0.467 e. The summed E-state index contributed by atoms with van der Waals surface area (Å²) in [4.78, 5) is 54.1. The summed E-state index contributed by atoms with van der Waals surface area (Å²) in [6.07, 6.45) is 0. The second kappa shape index (κ2) is 9.40. The van der Waals surface area contributed by atoms with Crippen LogP contribution in [0.5, 0.6) is 0 Å². The highest BCUT2D eigenvalue weighted by Gasteiger charge is 2.37. The van der Waals surface area contributed by atoms with Crippen LogP contribution in [0, 0.1) is 0 Å². The predicted octanol–water partition coefficient (Wildman–Crippen LogP) is 0.103. The van der Waals surface area contributed by atoms with Crippen molar-refractivity contribution in [2.45, 2.75) is 25.9 Å². The number of carbonyl (C=O) groups is 4. The molecular formula is C20H28N4O5. The number of amides is 3. The van der Waals surface area contributed by atoms with Gasteiger partial charge in [-0.15, -0.1) is 0 Å². The second-order valence-corrected chi connectivity index (χ2v) is 7.17. The molecule has 2 atom stereocenters. The summed E-state index contributed by atoms with van der Waals surface area (Å²) in [5.74, 6) is -1.56. The summed E-state index contributed by atoms with van der Waals surface area (Å²) in [6.45, 7) is 3.49. The molecule has 1 saturated heterocycles. The molecule has 0 aliphatic carbocycles. The number of piperazine rings is 1. The first kappa shape index (κ1) is 22.2. The first-order valence-electron chi connectivity index (χ1n) is 9.37. The third-order valence-electron chi connectivity index (χ3n) is 4.92. The minimum absolute atomic E-state index is 0.0492. The van der Waals surface area contributed by atoms with Gasteiger partial charge in [0, 0.05) is 45.4 Å². The molecule has 0 saturated carbocycles. The summed E-state index contributed by atoms with van der Waals surface area (Å²) in [5.41, 5.74) is 1.48. The zero-order chi connectivity index (χ0) is 21.7. The van der Waals surface area contributed by atoms with Crippen LogP contribution in [0.1, 0.15) is 24.2 Å². The highest BCUT2D eigenvalue weighted by Crippen LogP contribution is 2.17. The van der Waals surface area contributed by atoms with Crippen molar-refractivity contribution in [3.8, 4) is 0 Å². The van der Waals surface area contributed by atoms with Crippen LogP contribution in [0.25, 0.3) is 0 Å². The molecule has 3 amide bonds. The first-order valence-corrected chi connectivity index (χ1v) is 9.37. The zero-order valence-corrected chi connectivity index (χ0v) is 17.5. The van der Waals surface area contributed by atoms with Gasteiger partial charge in [-0.1, -0.05) is 0 Å². The van der Waals surface area contributed by atoms with E-state index >= 15 is 0 Å². The number of rotatable bonds is 5. The number of nitrogens with zero attached hydrogens (tertiary/aromatic N) is 3. The van der Waals surface area contributed by atoms with Crippen LogP contribution in [0.4, 0.5) is 5.69 Å². The van der Waals surface area contributed by atoms with Gasteiger partial charge in [0.1, 0.15) is 12.1 Å². The summed E-state index contributed by atoms with van der Waals surface area (Å²) < 4.78 is 4.62. The van der Waals surface area contributed by atoms with Crippen molar-refractivity contribution in [3.63, 3.8) is 0 Å². The van der Waals surface area contributed by atoms with Crippen molar-refractivity contribution in [3.05, 3.63) is 29.8 Å². The number of benzene rings is 1. The Kier molecular flexibility index (Phi) is 7.19. The van der Waals surface area contributed by atoms with Crippen LogP contribution >= 0.6 is 0 Å². The summed E-state index contributed by atoms with van der Waals surface area (Å²) >= 11 is 0. The highest BCUT2D eigenvalue weighted by atomic mass is 16.5. The van der Waals surface area contributed by atoms with Gasteiger partial charge < -0.3 is 24.8 Å². The maximum atomic E-state index is 12.9. The molecule has 9 nitrogen and oxygen atoms in total. The van der Waals surface area contributed by atoms with E-state index in [9.17, 15) is 19.2 Å². The molecule has 1 fully saturated rings. The van der Waals surface area contributed by atoms with Gasteiger partial charge in [-0.25, -0.2) is 4.79 Å². The summed E-state index contributed by atoms with van der Waals surface area (Å²) in [6, 6.07) is 5.44. The minimum Gasteiger partial charge on any atom is -0.467 e. The topological polar surface area (TPSA) is 99.3 Å². The lowest BCUT2D eigenvalue weighted by atomic mass is 10.1. The number of anilines is 1. The van der Waals surface area contributed by atoms with E-state index in [0.717, 1.165) is 5.69 Å². The third-order valence-corrected chi connectivity index (χ3v) is 4.92. The number of esters is 1. The Balaban J connectivity index is 2.15. The van der Waals surface area contributed by atoms with Gasteiger partial charge in [0.25, 0.3) is 5.91 Å². The van der Waals surface area contributed by atoms with E-state index in [1.165, 1.54) is 25.9 Å². The van der Waals surface area contributed by atoms with E-state index in [-0.39, 0.29) is 24.9 Å². The molecule has 0 aromatic heterocycles. The standard InChI is InChI=1S/C20H28N4O5/c1-13(20(28)29-5)21-18(26)17-12-23(10-11-24(17)14(2)25)19(27)15-6-8-16(9-7-15)22(3)4/h6-9,13,17H,10-12H2,1-5H3,(H,21,26). The molecule has 1 aliphatic heterocycles. The van der Waals surface area contributed by atoms with Gasteiger partial charge >= 0.3 is 5.97 Å². The summed E-state index contributed by atoms with van der Waals surface area (Å²) in [7, 11) is 5.06. The zero-order valence-electron chi connectivity index (χ0n) is 17.5. The molecule has 29 heavy (non-hydrogen) atoms. The number of methoxy groups -OCH3 is 1. The second-order valence-electron chi connectivity index (χ2n) is 7.17. The van der Waals surface area contributed by atoms with Gasteiger partial charge in [-0.05, 0) is 31.2 Å². The molecule has 0 spiro atoms. The van der Waals surface area contributed by atoms with Crippen molar-refractivity contribution in [1.82, 2.24) is 15.1 Å². The lowest BCUT2D eigenvalue weighted by molar-refractivity contribution is -0.147. The Labute approximate surface area is 170 Å². The van der Waals surface area contributed by atoms with E-state index in [0.29, 0.717) is 12.1 Å². The Morgan fingerprint density at radius 1 is 1.14 bits per heavy atom. The minimum atomic E-state index is -0.877. The molecule has 158 valence electrons. The van der Waals surface area contributed by atoms with Gasteiger partial charge in [0.15, 0.2) is 0 Å². The normalized spacial score (nSPS) is 17.3. The molecular weight excluding hydrogens is 376 g/mol. The number of hydrogen-bond donors (Lipinski definition) is 1. The van der Waals surface area contributed by atoms with Crippen LogP contribution in [0.3, 0.4) is 0 Å². The molecule has 2 rings (SSSR count). The van der Waals surface area contributed by atoms with Crippen LogP contribution < -0.4 is 10.2 Å². The first-order chi connectivity index (χ1) is 13.6. The van der Waals surface area contributed by atoms with E-state index in [1.807, 2.05) is 31.1 Å². The number of ether oxygens (including phenoxy) is 1. The fraction of sp³-hybridized carbons (Fsp3) is 0.500. The maximum absolute atomic E-state index is 12.9. The van der Waals surface area contributed by atoms with E-state index < -0.39 is 24.0 Å². The third kappa shape index (κ3) is 5.24. The molecule has 9 heteroatoms. The maximum Gasteiger partial charge on any atom is 0.328 e. The number of hydrogen-bond acceptors (Lipinski definition) is 6. The van der Waals surface area contributed by atoms with Crippen LogP contribution in [-0.2, 0) is 19.1 Å². The number of nitrogens with one attached hydrogen (secondary N) is 1. The lowest BCUT2D eigenvalue weighted by Crippen LogP contribution is -2.62. The average Bonchev–Trinajstić information content (AvgIpc) is 2.71. The van der Waals surface area contributed by atoms with E-state index in [1.54, 1.807) is 17.0 Å². The van der Waals surface area contributed by atoms with Crippen LogP contribution in [0.15, 0.2) is 24.3 Å².